The van der Waals surface area contributed by atoms with Gasteiger partial charge in [0, 0.05) is 68.2 Å². The number of nitrogens with zero attached hydrogens (tertiary/aromatic N) is 5. The van der Waals surface area contributed by atoms with E-state index in [0.29, 0.717) is 35.7 Å². The molecule has 4 aromatic rings. The predicted octanol–water partition coefficient (Wildman–Crippen LogP) is 4.26. The van der Waals surface area contributed by atoms with Gasteiger partial charge in [0.15, 0.2) is 5.58 Å². The molecule has 4 heterocycles. The fraction of sp³-hybridized carbons (Fsp3) is 0.300. The van der Waals surface area contributed by atoms with Crippen LogP contribution in [-0.2, 0) is 4.74 Å². The van der Waals surface area contributed by atoms with Crippen molar-refractivity contribution in [2.24, 2.45) is 0 Å². The molecule has 38 heavy (non-hydrogen) atoms. The average Bonchev–Trinajstić information content (AvgIpc) is 3.42. The van der Waals surface area contributed by atoms with Gasteiger partial charge in [0.05, 0.1) is 24.5 Å². The minimum Gasteiger partial charge on any atom is -0.454 e. The number of carbonyl (C=O) groups is 1. The molecular weight excluding hydrogens is 478 g/mol. The molecule has 0 bridgehead atoms. The first-order valence-electron chi connectivity index (χ1n) is 12.9. The third-order valence-corrected chi connectivity index (χ3v) is 7.40. The molecule has 0 atom stereocenters. The number of morpholine rings is 1. The highest BCUT2D eigenvalue weighted by atomic mass is 16.5. The molecule has 0 N–H and O–H groups in total. The van der Waals surface area contributed by atoms with E-state index in [2.05, 4.69) is 27.9 Å². The number of pyridine rings is 1. The van der Waals surface area contributed by atoms with Crippen LogP contribution >= 0.6 is 0 Å². The van der Waals surface area contributed by atoms with Gasteiger partial charge in [-0.25, -0.2) is 0 Å². The van der Waals surface area contributed by atoms with Gasteiger partial charge in [-0.2, -0.15) is 5.26 Å². The Balaban J connectivity index is 1.28. The van der Waals surface area contributed by atoms with Gasteiger partial charge >= 0.3 is 0 Å². The zero-order chi connectivity index (χ0) is 26.1. The largest absolute Gasteiger partial charge is 0.454 e. The van der Waals surface area contributed by atoms with Crippen molar-refractivity contribution in [2.45, 2.75) is 0 Å². The average molecular weight is 508 g/mol. The van der Waals surface area contributed by atoms with Crippen molar-refractivity contribution in [3.63, 3.8) is 0 Å². The zero-order valence-corrected chi connectivity index (χ0v) is 21.4. The van der Waals surface area contributed by atoms with Crippen molar-refractivity contribution in [1.82, 2.24) is 14.8 Å². The summed E-state index contributed by atoms with van der Waals surface area (Å²) in [7, 11) is 2.08. The number of ether oxygens (including phenoxy) is 1. The van der Waals surface area contributed by atoms with E-state index >= 15 is 0 Å². The molecule has 0 saturated carbocycles. The van der Waals surface area contributed by atoms with Crippen molar-refractivity contribution in [3.8, 4) is 28.5 Å². The van der Waals surface area contributed by atoms with Gasteiger partial charge in [-0.1, -0.05) is 18.2 Å². The van der Waals surface area contributed by atoms with Crippen molar-refractivity contribution >= 4 is 22.7 Å². The molecule has 0 unspecified atom stereocenters. The Bertz CT molecular complexity index is 1510. The lowest BCUT2D eigenvalue weighted by molar-refractivity contribution is 0.0664. The van der Waals surface area contributed by atoms with Gasteiger partial charge in [-0.3, -0.25) is 9.78 Å². The third kappa shape index (κ3) is 4.62. The number of anilines is 1. The van der Waals surface area contributed by atoms with Crippen LogP contribution in [0.2, 0.25) is 0 Å². The predicted molar refractivity (Wildman–Crippen MR) is 146 cm³/mol. The van der Waals surface area contributed by atoms with Crippen LogP contribution in [0, 0.1) is 11.3 Å². The summed E-state index contributed by atoms with van der Waals surface area (Å²) in [6.45, 7) is 6.15. The van der Waals surface area contributed by atoms with E-state index in [1.807, 2.05) is 59.5 Å². The van der Waals surface area contributed by atoms with Gasteiger partial charge in [0.25, 0.3) is 5.91 Å². The number of hydrogen-bond acceptors (Lipinski definition) is 7. The second kappa shape index (κ2) is 10.3. The van der Waals surface area contributed by atoms with Gasteiger partial charge in [-0.15, -0.1) is 0 Å². The minimum absolute atomic E-state index is 0.0621. The summed E-state index contributed by atoms with van der Waals surface area (Å²) in [5.74, 6) is 0.746. The maximum absolute atomic E-state index is 12.9. The smallest absolute Gasteiger partial charge is 0.253 e. The van der Waals surface area contributed by atoms with Gasteiger partial charge in [0.1, 0.15) is 17.3 Å². The summed E-state index contributed by atoms with van der Waals surface area (Å²) >= 11 is 0. The molecule has 0 aliphatic carbocycles. The molecule has 192 valence electrons. The summed E-state index contributed by atoms with van der Waals surface area (Å²) in [5, 5.41) is 9.87. The Hall–Kier alpha value is -4.19. The Labute approximate surface area is 221 Å². The molecule has 2 aliphatic rings. The zero-order valence-electron chi connectivity index (χ0n) is 21.4. The lowest BCUT2D eigenvalue weighted by Crippen LogP contribution is -2.47. The summed E-state index contributed by atoms with van der Waals surface area (Å²) < 4.78 is 11.8. The standard InChI is InChI=1S/C30H29N5O3/c1-33-10-12-35(13-11-33)30(36)22-4-2-21(3-5-22)28-19-26-29(38-28)25(8-9-32-26)23-6-7-27(24(18-23)20-31)34-14-16-37-17-15-34/h2-9,18-19H,10-17H2,1H3. The summed E-state index contributed by atoms with van der Waals surface area (Å²) in [6, 6.07) is 19.7. The van der Waals surface area contributed by atoms with Crippen LogP contribution in [0.15, 0.2) is 65.2 Å². The highest BCUT2D eigenvalue weighted by molar-refractivity contribution is 5.95. The fourth-order valence-corrected chi connectivity index (χ4v) is 5.15. The van der Waals surface area contributed by atoms with E-state index in [0.717, 1.165) is 67.2 Å². The molecule has 2 aromatic carbocycles. The molecule has 2 saturated heterocycles. The molecule has 8 nitrogen and oxygen atoms in total. The SMILES string of the molecule is CN1CCN(C(=O)c2ccc(-c3cc4nccc(-c5ccc(N6CCOCC6)c(C#N)c5)c4o3)cc2)CC1. The molecule has 2 aliphatic heterocycles. The van der Waals surface area contributed by atoms with E-state index in [4.69, 9.17) is 9.15 Å². The third-order valence-electron chi connectivity index (χ3n) is 7.40. The van der Waals surface area contributed by atoms with Gasteiger partial charge in [0.2, 0.25) is 0 Å². The Kier molecular flexibility index (Phi) is 6.54. The highest BCUT2D eigenvalue weighted by Crippen LogP contribution is 2.35. The number of hydrogen-bond donors (Lipinski definition) is 0. The molecular formula is C30H29N5O3. The highest BCUT2D eigenvalue weighted by Gasteiger charge is 2.21. The number of fused-ring (bicyclic) bond motifs is 1. The molecule has 6 rings (SSSR count). The van der Waals surface area contributed by atoms with Crippen LogP contribution in [0.3, 0.4) is 0 Å². The quantitative estimate of drug-likeness (QED) is 0.408. The molecule has 2 aromatic heterocycles. The van der Waals surface area contributed by atoms with Gasteiger partial charge < -0.3 is 23.9 Å². The van der Waals surface area contributed by atoms with E-state index < -0.39 is 0 Å². The molecule has 1 amide bonds. The van der Waals surface area contributed by atoms with Crippen LogP contribution in [0.25, 0.3) is 33.6 Å². The van der Waals surface area contributed by atoms with Crippen LogP contribution in [-0.4, -0.2) is 80.2 Å². The number of nitriles is 1. The van der Waals surface area contributed by atoms with E-state index in [9.17, 15) is 10.1 Å². The van der Waals surface area contributed by atoms with Crippen molar-refractivity contribution in [1.29, 1.82) is 5.26 Å². The van der Waals surface area contributed by atoms with Crippen LogP contribution in [0.4, 0.5) is 5.69 Å². The Morgan fingerprint density at radius 2 is 1.66 bits per heavy atom. The van der Waals surface area contributed by atoms with Crippen LogP contribution in [0.1, 0.15) is 15.9 Å². The van der Waals surface area contributed by atoms with E-state index in [1.54, 1.807) is 6.20 Å². The minimum atomic E-state index is 0.0621. The molecule has 0 radical (unpaired) electrons. The first-order valence-corrected chi connectivity index (χ1v) is 12.9. The number of rotatable bonds is 4. The van der Waals surface area contributed by atoms with Crippen LogP contribution in [0.5, 0.6) is 0 Å². The topological polar surface area (TPSA) is 85.8 Å². The lowest BCUT2D eigenvalue weighted by Gasteiger charge is -2.32. The molecule has 8 heteroatoms. The number of furan rings is 1. The monoisotopic (exact) mass is 507 g/mol. The number of amides is 1. The van der Waals surface area contributed by atoms with Crippen molar-refractivity contribution < 1.29 is 13.9 Å². The van der Waals surface area contributed by atoms with E-state index in [-0.39, 0.29) is 5.91 Å². The Morgan fingerprint density at radius 3 is 2.39 bits per heavy atom. The normalized spacial score (nSPS) is 16.5. The number of piperazine rings is 1. The summed E-state index contributed by atoms with van der Waals surface area (Å²) in [6.07, 6.45) is 1.76. The summed E-state index contributed by atoms with van der Waals surface area (Å²) in [5.41, 5.74) is 6.31. The van der Waals surface area contributed by atoms with Crippen LogP contribution < -0.4 is 4.90 Å². The summed E-state index contributed by atoms with van der Waals surface area (Å²) in [4.78, 5) is 23.8. The Morgan fingerprint density at radius 1 is 0.921 bits per heavy atom. The number of aromatic nitrogens is 1. The number of benzene rings is 2. The second-order valence-electron chi connectivity index (χ2n) is 9.80. The van der Waals surface area contributed by atoms with Crippen molar-refractivity contribution in [2.75, 3.05) is 64.4 Å². The molecule has 2 fully saturated rings. The first-order chi connectivity index (χ1) is 18.6. The maximum atomic E-state index is 12.9. The lowest BCUT2D eigenvalue weighted by atomic mass is 10.0. The number of carbonyl (C=O) groups excluding carboxylic acids is 1. The first kappa shape index (κ1) is 24.2. The maximum Gasteiger partial charge on any atom is 0.253 e. The van der Waals surface area contributed by atoms with E-state index in [1.165, 1.54) is 0 Å². The second-order valence-corrected chi connectivity index (χ2v) is 9.80. The van der Waals surface area contributed by atoms with Crippen molar-refractivity contribution in [3.05, 3.63) is 71.9 Å². The van der Waals surface area contributed by atoms with Gasteiger partial charge in [-0.05, 0) is 42.9 Å². The number of likely N-dealkylation sites (N-methyl/N-ethyl adjacent to an activating group) is 1. The molecule has 0 spiro atoms. The fourth-order valence-electron chi connectivity index (χ4n) is 5.15.